The first-order chi connectivity index (χ1) is 13.7. The Kier molecular flexibility index (Phi) is 5.06. The Hall–Kier alpha value is -3.60. The topological polar surface area (TPSA) is 61.4 Å². The van der Waals surface area contributed by atoms with E-state index in [0.29, 0.717) is 25.2 Å². The summed E-state index contributed by atoms with van der Waals surface area (Å²) >= 11 is 0. The first-order valence-electron chi connectivity index (χ1n) is 9.29. The fourth-order valence-electron chi connectivity index (χ4n) is 3.31. The molecular weight excluding hydrogens is 350 g/mol. The molecule has 4 rings (SSSR count). The molecule has 0 atom stereocenters. The van der Waals surface area contributed by atoms with Crippen molar-refractivity contribution in [2.75, 3.05) is 23.3 Å². The first kappa shape index (κ1) is 17.8. The maximum Gasteiger partial charge on any atom is 0.321 e. The molecule has 2 N–H and O–H groups in total. The molecule has 1 aliphatic rings. The number of nitrogens with one attached hydrogen (secondary N) is 2. The maximum atomic E-state index is 12.4. The normalized spacial score (nSPS) is 13.3. The van der Waals surface area contributed by atoms with Crippen molar-refractivity contribution in [3.63, 3.8) is 0 Å². The Morgan fingerprint density at radius 3 is 2.39 bits per heavy atom. The van der Waals surface area contributed by atoms with Gasteiger partial charge in [-0.3, -0.25) is 9.69 Å². The Labute approximate surface area is 164 Å². The second-order valence-electron chi connectivity index (χ2n) is 6.72. The van der Waals surface area contributed by atoms with E-state index in [4.69, 9.17) is 0 Å². The second-order valence-corrected chi connectivity index (χ2v) is 6.72. The molecule has 140 valence electrons. The number of urea groups is 1. The van der Waals surface area contributed by atoms with Gasteiger partial charge < -0.3 is 10.6 Å². The van der Waals surface area contributed by atoms with Gasteiger partial charge in [-0.25, -0.2) is 4.79 Å². The van der Waals surface area contributed by atoms with E-state index >= 15 is 0 Å². The van der Waals surface area contributed by atoms with Crippen molar-refractivity contribution >= 4 is 23.3 Å². The lowest BCUT2D eigenvalue weighted by molar-refractivity contribution is -0.115. The lowest BCUT2D eigenvalue weighted by Crippen LogP contribution is -2.27. The van der Waals surface area contributed by atoms with Crippen molar-refractivity contribution in [3.05, 3.63) is 84.4 Å². The number of amides is 3. The summed E-state index contributed by atoms with van der Waals surface area (Å²) in [7, 11) is 0. The van der Waals surface area contributed by atoms with E-state index in [0.717, 1.165) is 22.4 Å². The number of nitrogens with zero attached hydrogens (tertiary/aromatic N) is 1. The minimum Gasteiger partial charge on any atom is -0.336 e. The molecule has 1 heterocycles. The van der Waals surface area contributed by atoms with Gasteiger partial charge in [0, 0.05) is 24.5 Å². The number of benzene rings is 3. The van der Waals surface area contributed by atoms with Gasteiger partial charge in [0.2, 0.25) is 5.91 Å². The van der Waals surface area contributed by atoms with Gasteiger partial charge in [-0.1, -0.05) is 60.7 Å². The van der Waals surface area contributed by atoms with Crippen LogP contribution in [-0.2, 0) is 11.2 Å². The maximum absolute atomic E-state index is 12.4. The fraction of sp³-hybridized carbons (Fsp3) is 0.130. The molecule has 5 heteroatoms. The van der Waals surface area contributed by atoms with E-state index in [1.54, 1.807) is 4.90 Å². The van der Waals surface area contributed by atoms with Crippen molar-refractivity contribution in [1.82, 2.24) is 5.32 Å². The summed E-state index contributed by atoms with van der Waals surface area (Å²) in [6.45, 7) is 1.26. The van der Waals surface area contributed by atoms with Crippen LogP contribution in [0.2, 0.25) is 0 Å². The monoisotopic (exact) mass is 371 g/mol. The molecule has 28 heavy (non-hydrogen) atoms. The summed E-state index contributed by atoms with van der Waals surface area (Å²) in [6, 6.07) is 25.4. The molecule has 5 nitrogen and oxygen atoms in total. The summed E-state index contributed by atoms with van der Waals surface area (Å²) < 4.78 is 0. The predicted molar refractivity (Wildman–Crippen MR) is 111 cm³/mol. The highest BCUT2D eigenvalue weighted by Crippen LogP contribution is 2.22. The number of hydrogen-bond donors (Lipinski definition) is 2. The second kappa shape index (κ2) is 7.96. The summed E-state index contributed by atoms with van der Waals surface area (Å²) in [5.74, 6) is -0.0875. The summed E-state index contributed by atoms with van der Waals surface area (Å²) in [4.78, 5) is 25.9. The van der Waals surface area contributed by atoms with Crippen LogP contribution >= 0.6 is 0 Å². The summed E-state index contributed by atoms with van der Waals surface area (Å²) in [6.07, 6.45) is 0.295. The van der Waals surface area contributed by atoms with Gasteiger partial charge in [-0.05, 0) is 34.9 Å². The molecule has 0 radical (unpaired) electrons. The Morgan fingerprint density at radius 2 is 1.68 bits per heavy atom. The SMILES string of the molecule is O=C(Cc1ccc(-c2ccccc2)cc1)Nc1cccc(N2CCNC2=O)c1. The number of rotatable bonds is 5. The lowest BCUT2D eigenvalue weighted by atomic mass is 10.0. The average molecular weight is 371 g/mol. The van der Waals surface area contributed by atoms with Crippen LogP contribution in [0, 0.1) is 0 Å². The molecule has 0 aromatic heterocycles. The third kappa shape index (κ3) is 4.04. The van der Waals surface area contributed by atoms with Gasteiger partial charge in [-0.15, -0.1) is 0 Å². The Bertz CT molecular complexity index is 984. The molecule has 0 aliphatic carbocycles. The Morgan fingerprint density at radius 1 is 0.929 bits per heavy atom. The van der Waals surface area contributed by atoms with Crippen LogP contribution in [-0.4, -0.2) is 25.0 Å². The third-order valence-corrected chi connectivity index (χ3v) is 4.72. The van der Waals surface area contributed by atoms with Gasteiger partial charge >= 0.3 is 6.03 Å². The molecule has 0 bridgehead atoms. The highest BCUT2D eigenvalue weighted by Gasteiger charge is 2.21. The van der Waals surface area contributed by atoms with Crippen molar-refractivity contribution in [2.45, 2.75) is 6.42 Å². The van der Waals surface area contributed by atoms with Crippen LogP contribution in [0.5, 0.6) is 0 Å². The van der Waals surface area contributed by atoms with Gasteiger partial charge in [-0.2, -0.15) is 0 Å². The molecule has 3 aromatic carbocycles. The van der Waals surface area contributed by atoms with Gasteiger partial charge in [0.25, 0.3) is 0 Å². The third-order valence-electron chi connectivity index (χ3n) is 4.72. The van der Waals surface area contributed by atoms with Crippen LogP contribution in [0.25, 0.3) is 11.1 Å². The highest BCUT2D eigenvalue weighted by atomic mass is 16.2. The average Bonchev–Trinajstić information content (AvgIpc) is 3.15. The van der Waals surface area contributed by atoms with Crippen LogP contribution < -0.4 is 15.5 Å². The summed E-state index contributed by atoms with van der Waals surface area (Å²) in [5, 5.41) is 5.70. The number of hydrogen-bond acceptors (Lipinski definition) is 2. The van der Waals surface area contributed by atoms with Crippen molar-refractivity contribution < 1.29 is 9.59 Å². The van der Waals surface area contributed by atoms with Crippen LogP contribution in [0.15, 0.2) is 78.9 Å². The zero-order chi connectivity index (χ0) is 19.3. The number of carbonyl (C=O) groups is 2. The van der Waals surface area contributed by atoms with Crippen molar-refractivity contribution in [2.24, 2.45) is 0 Å². The number of anilines is 2. The lowest BCUT2D eigenvalue weighted by Gasteiger charge is -2.15. The molecule has 0 spiro atoms. The zero-order valence-corrected chi connectivity index (χ0v) is 15.4. The minimum absolute atomic E-state index is 0.0875. The van der Waals surface area contributed by atoms with E-state index in [9.17, 15) is 9.59 Å². The van der Waals surface area contributed by atoms with E-state index in [1.807, 2.05) is 66.7 Å². The van der Waals surface area contributed by atoms with Crippen molar-refractivity contribution in [3.8, 4) is 11.1 Å². The standard InChI is InChI=1S/C23H21N3O2/c27-22(15-17-9-11-19(12-10-17)18-5-2-1-3-6-18)25-20-7-4-8-21(16-20)26-14-13-24-23(26)28/h1-12,16H,13-15H2,(H,24,28)(H,25,27). The number of carbonyl (C=O) groups excluding carboxylic acids is 2. The molecule has 1 fully saturated rings. The quantitative estimate of drug-likeness (QED) is 0.710. The van der Waals surface area contributed by atoms with E-state index in [-0.39, 0.29) is 11.9 Å². The van der Waals surface area contributed by atoms with E-state index in [1.165, 1.54) is 0 Å². The predicted octanol–water partition coefficient (Wildman–Crippen LogP) is 4.06. The van der Waals surface area contributed by atoms with Crippen LogP contribution in [0.1, 0.15) is 5.56 Å². The van der Waals surface area contributed by atoms with Crippen LogP contribution in [0.4, 0.5) is 16.2 Å². The van der Waals surface area contributed by atoms with Gasteiger partial charge in [0.1, 0.15) is 0 Å². The zero-order valence-electron chi connectivity index (χ0n) is 15.4. The molecule has 1 aliphatic heterocycles. The molecule has 0 saturated carbocycles. The Balaban J connectivity index is 1.40. The molecular formula is C23H21N3O2. The van der Waals surface area contributed by atoms with E-state index in [2.05, 4.69) is 22.8 Å². The largest absolute Gasteiger partial charge is 0.336 e. The molecule has 1 saturated heterocycles. The molecule has 0 unspecified atom stereocenters. The molecule has 3 amide bonds. The summed E-state index contributed by atoms with van der Waals surface area (Å²) in [5.41, 5.74) is 4.69. The minimum atomic E-state index is -0.109. The van der Waals surface area contributed by atoms with Crippen molar-refractivity contribution in [1.29, 1.82) is 0 Å². The molecule has 3 aromatic rings. The van der Waals surface area contributed by atoms with Crippen LogP contribution in [0.3, 0.4) is 0 Å². The highest BCUT2D eigenvalue weighted by molar-refractivity contribution is 5.96. The van der Waals surface area contributed by atoms with E-state index < -0.39 is 0 Å². The smallest absolute Gasteiger partial charge is 0.321 e. The fourth-order valence-corrected chi connectivity index (χ4v) is 3.31. The van der Waals surface area contributed by atoms with Gasteiger partial charge in [0.05, 0.1) is 6.42 Å². The van der Waals surface area contributed by atoms with Gasteiger partial charge in [0.15, 0.2) is 0 Å². The first-order valence-corrected chi connectivity index (χ1v) is 9.29.